The third kappa shape index (κ3) is 3.42. The zero-order valence-corrected chi connectivity index (χ0v) is 10.5. The topological polar surface area (TPSA) is 58.3 Å². The molecule has 0 aliphatic rings. The largest absolute Gasteiger partial charge is 0.445 e. The minimum absolute atomic E-state index is 0.114. The fourth-order valence-corrected chi connectivity index (χ4v) is 1.89. The fraction of sp³-hybridized carbons (Fsp3) is 0.357. The van der Waals surface area contributed by atoms with Crippen molar-refractivity contribution in [1.82, 2.24) is 10.3 Å². The summed E-state index contributed by atoms with van der Waals surface area (Å²) in [6, 6.07) is 10.2. The summed E-state index contributed by atoms with van der Waals surface area (Å²) in [5.74, 6) is 1.48. The highest BCUT2D eigenvalue weighted by atomic mass is 16.4. The first kappa shape index (κ1) is 12.8. The van der Waals surface area contributed by atoms with E-state index in [0.717, 1.165) is 11.3 Å². The molecule has 18 heavy (non-hydrogen) atoms. The lowest BCUT2D eigenvalue weighted by molar-refractivity contribution is 0.262. The number of nitrogens with one attached hydrogen (secondary N) is 1. The van der Waals surface area contributed by atoms with Crippen molar-refractivity contribution < 1.29 is 9.52 Å². The molecule has 0 saturated carbocycles. The van der Waals surface area contributed by atoms with Crippen LogP contribution in [0.3, 0.4) is 0 Å². The fourth-order valence-electron chi connectivity index (χ4n) is 1.89. The van der Waals surface area contributed by atoms with Crippen LogP contribution in [0.15, 0.2) is 40.9 Å². The van der Waals surface area contributed by atoms with Crippen LogP contribution in [-0.2, 0) is 6.54 Å². The normalized spacial score (nSPS) is 12.6. The molecule has 4 nitrogen and oxygen atoms in total. The summed E-state index contributed by atoms with van der Waals surface area (Å²) < 4.78 is 5.41. The van der Waals surface area contributed by atoms with E-state index in [4.69, 9.17) is 9.52 Å². The highest BCUT2D eigenvalue weighted by molar-refractivity contribution is 5.18. The number of hydrogen-bond donors (Lipinski definition) is 2. The maximum atomic E-state index is 9.12. The van der Waals surface area contributed by atoms with E-state index in [1.807, 2.05) is 37.3 Å². The maximum Gasteiger partial charge on any atom is 0.208 e. The first-order chi connectivity index (χ1) is 8.79. The van der Waals surface area contributed by atoms with Gasteiger partial charge >= 0.3 is 0 Å². The Labute approximate surface area is 107 Å². The SMILES string of the molecule is Cc1cnc(CNC(CCO)c2ccccc2)o1. The second-order valence-electron chi connectivity index (χ2n) is 4.22. The van der Waals surface area contributed by atoms with Crippen LogP contribution in [0, 0.1) is 6.92 Å². The highest BCUT2D eigenvalue weighted by Crippen LogP contribution is 2.16. The number of oxazole rings is 1. The average Bonchev–Trinajstić information content (AvgIpc) is 2.81. The minimum Gasteiger partial charge on any atom is -0.445 e. The van der Waals surface area contributed by atoms with Gasteiger partial charge in [-0.15, -0.1) is 0 Å². The minimum atomic E-state index is 0.114. The zero-order chi connectivity index (χ0) is 12.8. The van der Waals surface area contributed by atoms with Crippen LogP contribution in [-0.4, -0.2) is 16.7 Å². The Balaban J connectivity index is 1.98. The molecule has 0 aliphatic heterocycles. The third-order valence-corrected chi connectivity index (χ3v) is 2.79. The lowest BCUT2D eigenvalue weighted by atomic mass is 10.0. The van der Waals surface area contributed by atoms with Crippen LogP contribution in [0.2, 0.25) is 0 Å². The van der Waals surface area contributed by atoms with E-state index in [-0.39, 0.29) is 12.6 Å². The Morgan fingerprint density at radius 3 is 2.72 bits per heavy atom. The summed E-state index contributed by atoms with van der Waals surface area (Å²) in [6.07, 6.45) is 2.38. The molecule has 1 aromatic heterocycles. The summed E-state index contributed by atoms with van der Waals surface area (Å²) in [6.45, 7) is 2.59. The van der Waals surface area contributed by atoms with Crippen LogP contribution < -0.4 is 5.32 Å². The van der Waals surface area contributed by atoms with E-state index in [1.165, 1.54) is 0 Å². The lowest BCUT2D eigenvalue weighted by Gasteiger charge is -2.17. The van der Waals surface area contributed by atoms with E-state index >= 15 is 0 Å². The van der Waals surface area contributed by atoms with Crippen LogP contribution in [0.25, 0.3) is 0 Å². The van der Waals surface area contributed by atoms with Gasteiger partial charge in [0.1, 0.15) is 5.76 Å². The number of aliphatic hydroxyl groups is 1. The molecule has 1 aromatic carbocycles. The van der Waals surface area contributed by atoms with Crippen molar-refractivity contribution in [3.8, 4) is 0 Å². The molecule has 0 aliphatic carbocycles. The van der Waals surface area contributed by atoms with E-state index in [9.17, 15) is 0 Å². The summed E-state index contributed by atoms with van der Waals surface area (Å²) in [7, 11) is 0. The zero-order valence-electron chi connectivity index (χ0n) is 10.5. The Morgan fingerprint density at radius 2 is 2.11 bits per heavy atom. The van der Waals surface area contributed by atoms with Gasteiger partial charge in [-0.25, -0.2) is 4.98 Å². The van der Waals surface area contributed by atoms with Gasteiger partial charge in [-0.05, 0) is 18.9 Å². The van der Waals surface area contributed by atoms with Crippen molar-refractivity contribution in [3.05, 3.63) is 53.7 Å². The maximum absolute atomic E-state index is 9.12. The van der Waals surface area contributed by atoms with Gasteiger partial charge in [0.15, 0.2) is 0 Å². The van der Waals surface area contributed by atoms with Crippen molar-refractivity contribution in [2.75, 3.05) is 6.61 Å². The first-order valence-corrected chi connectivity index (χ1v) is 6.10. The van der Waals surface area contributed by atoms with Gasteiger partial charge in [0, 0.05) is 12.6 Å². The lowest BCUT2D eigenvalue weighted by Crippen LogP contribution is -2.22. The molecule has 4 heteroatoms. The molecule has 1 heterocycles. The quantitative estimate of drug-likeness (QED) is 0.820. The molecule has 2 aromatic rings. The second kappa shape index (κ2) is 6.33. The molecule has 1 unspecified atom stereocenters. The van der Waals surface area contributed by atoms with Gasteiger partial charge in [0.25, 0.3) is 0 Å². The second-order valence-corrected chi connectivity index (χ2v) is 4.22. The molecule has 1 atom stereocenters. The Morgan fingerprint density at radius 1 is 1.33 bits per heavy atom. The summed E-state index contributed by atoms with van der Waals surface area (Å²) in [4.78, 5) is 4.15. The smallest absolute Gasteiger partial charge is 0.208 e. The van der Waals surface area contributed by atoms with Crippen LogP contribution in [0.4, 0.5) is 0 Å². The predicted molar refractivity (Wildman–Crippen MR) is 69.0 cm³/mol. The standard InChI is InChI=1S/C14H18N2O2/c1-11-9-16-14(18-11)10-15-13(7-8-17)12-5-3-2-4-6-12/h2-6,9,13,15,17H,7-8,10H2,1H3. The summed E-state index contributed by atoms with van der Waals surface area (Å²) >= 11 is 0. The van der Waals surface area contributed by atoms with Crippen molar-refractivity contribution in [2.24, 2.45) is 0 Å². The Kier molecular flexibility index (Phi) is 4.50. The number of hydrogen-bond acceptors (Lipinski definition) is 4. The highest BCUT2D eigenvalue weighted by Gasteiger charge is 2.11. The molecule has 0 fully saturated rings. The van der Waals surface area contributed by atoms with Gasteiger partial charge < -0.3 is 14.8 Å². The van der Waals surface area contributed by atoms with Crippen LogP contribution >= 0.6 is 0 Å². The van der Waals surface area contributed by atoms with E-state index < -0.39 is 0 Å². The predicted octanol–water partition coefficient (Wildman–Crippen LogP) is 2.20. The number of aliphatic hydroxyl groups excluding tert-OH is 1. The van der Waals surface area contributed by atoms with Crippen molar-refractivity contribution in [3.63, 3.8) is 0 Å². The Bertz CT molecular complexity index is 468. The number of aryl methyl sites for hydroxylation is 1. The van der Waals surface area contributed by atoms with Gasteiger partial charge in [-0.1, -0.05) is 30.3 Å². The number of rotatable bonds is 6. The number of benzene rings is 1. The van der Waals surface area contributed by atoms with Gasteiger partial charge in [0.2, 0.25) is 5.89 Å². The molecule has 0 bridgehead atoms. The first-order valence-electron chi connectivity index (χ1n) is 6.10. The molecule has 96 valence electrons. The van der Waals surface area contributed by atoms with Crippen molar-refractivity contribution >= 4 is 0 Å². The van der Waals surface area contributed by atoms with Crippen molar-refractivity contribution in [2.45, 2.75) is 25.9 Å². The molecule has 0 amide bonds. The van der Waals surface area contributed by atoms with E-state index in [2.05, 4.69) is 10.3 Å². The Hall–Kier alpha value is -1.65. The average molecular weight is 246 g/mol. The summed E-state index contributed by atoms with van der Waals surface area (Å²) in [5.41, 5.74) is 1.16. The van der Waals surface area contributed by atoms with Crippen LogP contribution in [0.1, 0.15) is 29.7 Å². The molecule has 0 spiro atoms. The van der Waals surface area contributed by atoms with Crippen LogP contribution in [0.5, 0.6) is 0 Å². The number of nitrogens with zero attached hydrogens (tertiary/aromatic N) is 1. The van der Waals surface area contributed by atoms with Gasteiger partial charge in [-0.3, -0.25) is 0 Å². The third-order valence-electron chi connectivity index (χ3n) is 2.79. The number of aromatic nitrogens is 1. The van der Waals surface area contributed by atoms with Crippen molar-refractivity contribution in [1.29, 1.82) is 0 Å². The molecular weight excluding hydrogens is 228 g/mol. The van der Waals surface area contributed by atoms with Gasteiger partial charge in [-0.2, -0.15) is 0 Å². The molecule has 0 radical (unpaired) electrons. The molecular formula is C14H18N2O2. The molecule has 2 N–H and O–H groups in total. The monoisotopic (exact) mass is 246 g/mol. The molecule has 0 saturated heterocycles. The summed E-state index contributed by atoms with van der Waals surface area (Å²) in [5, 5.41) is 12.5. The van der Waals surface area contributed by atoms with E-state index in [1.54, 1.807) is 6.20 Å². The molecule has 2 rings (SSSR count). The van der Waals surface area contributed by atoms with Gasteiger partial charge in [0.05, 0.1) is 12.7 Å². The van der Waals surface area contributed by atoms with E-state index in [0.29, 0.717) is 18.9 Å².